The number of hydrogen-bond acceptors (Lipinski definition) is 4. The van der Waals surface area contributed by atoms with Crippen LogP contribution in [0.25, 0.3) is 10.1 Å². The SMILES string of the molecule is O=C(NCCc1ncn[nH]1)c1cc2ccccc2s1. The van der Waals surface area contributed by atoms with Crippen molar-refractivity contribution in [2.24, 2.45) is 0 Å². The Bertz CT molecular complexity index is 657. The van der Waals surface area contributed by atoms with Gasteiger partial charge >= 0.3 is 0 Å². The largest absolute Gasteiger partial charge is 0.351 e. The van der Waals surface area contributed by atoms with Crippen molar-refractivity contribution in [3.8, 4) is 0 Å². The van der Waals surface area contributed by atoms with E-state index in [9.17, 15) is 4.79 Å². The lowest BCUT2D eigenvalue weighted by atomic mass is 10.2. The quantitative estimate of drug-likeness (QED) is 0.763. The van der Waals surface area contributed by atoms with Gasteiger partial charge in [-0.1, -0.05) is 18.2 Å². The lowest BCUT2D eigenvalue weighted by Crippen LogP contribution is -2.25. The summed E-state index contributed by atoms with van der Waals surface area (Å²) in [6.07, 6.45) is 2.11. The van der Waals surface area contributed by atoms with Crippen LogP contribution in [0.2, 0.25) is 0 Å². The molecular formula is C13H12N4OS. The van der Waals surface area contributed by atoms with E-state index in [1.54, 1.807) is 0 Å². The number of thiophene rings is 1. The van der Waals surface area contributed by atoms with E-state index < -0.39 is 0 Å². The van der Waals surface area contributed by atoms with Crippen LogP contribution in [0.4, 0.5) is 0 Å². The zero-order valence-electron chi connectivity index (χ0n) is 10.1. The van der Waals surface area contributed by atoms with E-state index in [1.807, 2.05) is 30.3 Å². The average molecular weight is 272 g/mol. The van der Waals surface area contributed by atoms with E-state index in [2.05, 4.69) is 20.5 Å². The smallest absolute Gasteiger partial charge is 0.261 e. The summed E-state index contributed by atoms with van der Waals surface area (Å²) in [4.78, 5) is 16.7. The molecule has 1 amide bonds. The summed E-state index contributed by atoms with van der Waals surface area (Å²) in [5.74, 6) is 0.734. The maximum atomic E-state index is 12.0. The topological polar surface area (TPSA) is 70.7 Å². The molecule has 0 spiro atoms. The molecule has 6 heteroatoms. The average Bonchev–Trinajstić information content (AvgIpc) is 3.07. The molecule has 2 N–H and O–H groups in total. The van der Waals surface area contributed by atoms with Gasteiger partial charge in [-0.05, 0) is 17.5 Å². The minimum atomic E-state index is -0.0410. The predicted octanol–water partition coefficient (Wildman–Crippen LogP) is 1.99. The van der Waals surface area contributed by atoms with Gasteiger partial charge in [-0.15, -0.1) is 11.3 Å². The summed E-state index contributed by atoms with van der Waals surface area (Å²) in [5.41, 5.74) is 0. The molecule has 2 aromatic heterocycles. The molecule has 0 bridgehead atoms. The number of nitrogens with zero attached hydrogens (tertiary/aromatic N) is 2. The first-order valence-corrected chi connectivity index (χ1v) is 6.75. The number of amides is 1. The second kappa shape index (κ2) is 5.19. The fourth-order valence-electron chi connectivity index (χ4n) is 1.83. The molecule has 0 radical (unpaired) electrons. The minimum absolute atomic E-state index is 0.0410. The lowest BCUT2D eigenvalue weighted by Gasteiger charge is -2.00. The highest BCUT2D eigenvalue weighted by Gasteiger charge is 2.09. The molecular weight excluding hydrogens is 260 g/mol. The third-order valence-electron chi connectivity index (χ3n) is 2.76. The Kier molecular flexibility index (Phi) is 3.24. The molecule has 1 aromatic carbocycles. The standard InChI is InChI=1S/C13H12N4OS/c18-13(14-6-5-12-15-8-16-17-12)11-7-9-3-1-2-4-10(9)19-11/h1-4,7-8H,5-6H2,(H,14,18)(H,15,16,17). The Labute approximate surface area is 113 Å². The molecule has 19 heavy (non-hydrogen) atoms. The number of carbonyl (C=O) groups excluding carboxylic acids is 1. The van der Waals surface area contributed by atoms with E-state index in [4.69, 9.17) is 0 Å². The van der Waals surface area contributed by atoms with Gasteiger partial charge in [0.1, 0.15) is 12.2 Å². The highest BCUT2D eigenvalue weighted by Crippen LogP contribution is 2.24. The summed E-state index contributed by atoms with van der Waals surface area (Å²) in [5, 5.41) is 10.5. The third-order valence-corrected chi connectivity index (χ3v) is 3.88. The number of H-pyrrole nitrogens is 1. The first-order valence-electron chi connectivity index (χ1n) is 5.94. The Balaban J connectivity index is 1.63. The van der Waals surface area contributed by atoms with E-state index in [1.165, 1.54) is 17.7 Å². The Hall–Kier alpha value is -2.21. The molecule has 5 nitrogen and oxygen atoms in total. The summed E-state index contributed by atoms with van der Waals surface area (Å²) in [7, 11) is 0. The zero-order chi connectivity index (χ0) is 13.1. The molecule has 3 aromatic rings. The van der Waals surface area contributed by atoms with Crippen LogP contribution in [0, 0.1) is 0 Å². The van der Waals surface area contributed by atoms with Gasteiger partial charge in [0.2, 0.25) is 0 Å². The van der Waals surface area contributed by atoms with E-state index in [0.29, 0.717) is 13.0 Å². The van der Waals surface area contributed by atoms with Crippen molar-refractivity contribution < 1.29 is 4.79 Å². The number of hydrogen-bond donors (Lipinski definition) is 2. The van der Waals surface area contributed by atoms with E-state index in [-0.39, 0.29) is 5.91 Å². The fraction of sp³-hybridized carbons (Fsp3) is 0.154. The van der Waals surface area contributed by atoms with Crippen molar-refractivity contribution in [1.82, 2.24) is 20.5 Å². The van der Waals surface area contributed by atoms with Crippen LogP contribution in [0.5, 0.6) is 0 Å². The van der Waals surface area contributed by atoms with Crippen LogP contribution in [0.1, 0.15) is 15.5 Å². The molecule has 0 saturated heterocycles. The molecule has 2 heterocycles. The number of carbonyl (C=O) groups is 1. The highest BCUT2D eigenvalue weighted by molar-refractivity contribution is 7.20. The summed E-state index contributed by atoms with van der Waals surface area (Å²) < 4.78 is 1.13. The van der Waals surface area contributed by atoms with Crippen molar-refractivity contribution >= 4 is 27.3 Å². The van der Waals surface area contributed by atoms with Crippen LogP contribution in [-0.4, -0.2) is 27.6 Å². The Morgan fingerprint density at radius 3 is 3.05 bits per heavy atom. The van der Waals surface area contributed by atoms with Gasteiger partial charge < -0.3 is 5.32 Å². The molecule has 0 fully saturated rings. The molecule has 0 aliphatic heterocycles. The van der Waals surface area contributed by atoms with Crippen molar-refractivity contribution in [2.75, 3.05) is 6.54 Å². The van der Waals surface area contributed by atoms with Crippen LogP contribution in [-0.2, 0) is 6.42 Å². The highest BCUT2D eigenvalue weighted by atomic mass is 32.1. The van der Waals surface area contributed by atoms with Crippen LogP contribution < -0.4 is 5.32 Å². The van der Waals surface area contributed by atoms with Gasteiger partial charge in [0.15, 0.2) is 0 Å². The zero-order valence-corrected chi connectivity index (χ0v) is 10.9. The predicted molar refractivity (Wildman–Crippen MR) is 74.2 cm³/mol. The first kappa shape index (κ1) is 11.9. The molecule has 0 unspecified atom stereocenters. The van der Waals surface area contributed by atoms with Gasteiger partial charge in [0, 0.05) is 17.7 Å². The number of aromatic amines is 1. The molecule has 3 rings (SSSR count). The van der Waals surface area contributed by atoms with Crippen LogP contribution in [0.15, 0.2) is 36.7 Å². The number of nitrogens with one attached hydrogen (secondary N) is 2. The molecule has 0 aliphatic carbocycles. The number of fused-ring (bicyclic) bond motifs is 1. The maximum Gasteiger partial charge on any atom is 0.261 e. The Morgan fingerprint density at radius 1 is 1.37 bits per heavy atom. The fourth-order valence-corrected chi connectivity index (χ4v) is 2.81. The van der Waals surface area contributed by atoms with Gasteiger partial charge in [-0.25, -0.2) is 4.98 Å². The summed E-state index contributed by atoms with van der Waals surface area (Å²) >= 11 is 1.51. The van der Waals surface area contributed by atoms with Gasteiger partial charge in [0.05, 0.1) is 4.88 Å². The first-order chi connectivity index (χ1) is 9.33. The Morgan fingerprint density at radius 2 is 2.26 bits per heavy atom. The van der Waals surface area contributed by atoms with Gasteiger partial charge in [0.25, 0.3) is 5.91 Å². The summed E-state index contributed by atoms with van der Waals surface area (Å²) in [6.45, 7) is 0.544. The summed E-state index contributed by atoms with van der Waals surface area (Å²) in [6, 6.07) is 9.90. The van der Waals surface area contributed by atoms with E-state index in [0.717, 1.165) is 20.8 Å². The molecule has 96 valence electrons. The van der Waals surface area contributed by atoms with Crippen molar-refractivity contribution in [3.05, 3.63) is 47.4 Å². The van der Waals surface area contributed by atoms with Crippen LogP contribution in [0.3, 0.4) is 0 Å². The molecule has 0 saturated carbocycles. The van der Waals surface area contributed by atoms with Gasteiger partial charge in [-0.2, -0.15) is 5.10 Å². The van der Waals surface area contributed by atoms with Crippen LogP contribution >= 0.6 is 11.3 Å². The van der Waals surface area contributed by atoms with E-state index >= 15 is 0 Å². The third kappa shape index (κ3) is 2.63. The van der Waals surface area contributed by atoms with Gasteiger partial charge in [-0.3, -0.25) is 9.89 Å². The maximum absolute atomic E-state index is 12.0. The monoisotopic (exact) mass is 272 g/mol. The second-order valence-electron chi connectivity index (χ2n) is 4.09. The minimum Gasteiger partial charge on any atom is -0.351 e. The van der Waals surface area contributed by atoms with Crippen molar-refractivity contribution in [2.45, 2.75) is 6.42 Å². The second-order valence-corrected chi connectivity index (χ2v) is 5.17. The lowest BCUT2D eigenvalue weighted by molar-refractivity contribution is 0.0958. The molecule has 0 aliphatic rings. The van der Waals surface area contributed by atoms with Crippen molar-refractivity contribution in [3.63, 3.8) is 0 Å². The number of rotatable bonds is 4. The molecule has 0 atom stereocenters. The normalized spacial score (nSPS) is 10.7. The number of aromatic nitrogens is 3. The van der Waals surface area contributed by atoms with Crippen molar-refractivity contribution in [1.29, 1.82) is 0 Å². The number of benzene rings is 1.